The Morgan fingerprint density at radius 3 is 2.59 bits per heavy atom. The van der Waals surface area contributed by atoms with Crippen molar-refractivity contribution < 1.29 is 4.42 Å². The van der Waals surface area contributed by atoms with E-state index in [-0.39, 0.29) is 5.41 Å². The Balaban J connectivity index is 2.23. The van der Waals surface area contributed by atoms with E-state index in [1.165, 1.54) is 0 Å². The molecule has 2 rings (SSSR count). The van der Waals surface area contributed by atoms with Crippen LogP contribution in [0.3, 0.4) is 0 Å². The lowest BCUT2D eigenvalue weighted by Crippen LogP contribution is -2.39. The Morgan fingerprint density at radius 1 is 1.29 bits per heavy atom. The molecule has 0 fully saturated rings. The molecule has 1 N–H and O–H groups in total. The van der Waals surface area contributed by atoms with Gasteiger partial charge in [-0.3, -0.25) is 0 Å². The van der Waals surface area contributed by atoms with Crippen LogP contribution in [0.25, 0.3) is 11.1 Å². The molecule has 1 aromatic heterocycles. The predicted molar refractivity (Wildman–Crippen MR) is 70.0 cm³/mol. The van der Waals surface area contributed by atoms with Crippen molar-refractivity contribution in [3.8, 4) is 0 Å². The lowest BCUT2D eigenvalue weighted by Gasteiger charge is -2.29. The number of aromatic nitrogens is 1. The van der Waals surface area contributed by atoms with Gasteiger partial charge in [0.05, 0.1) is 0 Å². The largest absolute Gasteiger partial charge is 0.441 e. The van der Waals surface area contributed by atoms with Crippen LogP contribution < -0.4 is 5.32 Å². The van der Waals surface area contributed by atoms with E-state index in [1.54, 1.807) is 0 Å². The second kappa shape index (κ2) is 4.49. The smallest absolute Gasteiger partial charge is 0.197 e. The van der Waals surface area contributed by atoms with E-state index >= 15 is 0 Å². The van der Waals surface area contributed by atoms with E-state index < -0.39 is 0 Å². The Morgan fingerprint density at radius 2 is 2.00 bits per heavy atom. The summed E-state index contributed by atoms with van der Waals surface area (Å²) in [5.74, 6) is 0.806. The van der Waals surface area contributed by atoms with Gasteiger partial charge in [-0.1, -0.05) is 32.9 Å². The molecule has 17 heavy (non-hydrogen) atoms. The van der Waals surface area contributed by atoms with Crippen LogP contribution in [0.4, 0.5) is 0 Å². The van der Waals surface area contributed by atoms with Gasteiger partial charge in [-0.15, -0.1) is 0 Å². The van der Waals surface area contributed by atoms with E-state index in [0.29, 0.717) is 6.04 Å². The summed E-state index contributed by atoms with van der Waals surface area (Å²) in [7, 11) is 1.98. The van der Waals surface area contributed by atoms with Crippen molar-refractivity contribution in [2.45, 2.75) is 33.2 Å². The summed E-state index contributed by atoms with van der Waals surface area (Å²) in [6.45, 7) is 6.66. The van der Waals surface area contributed by atoms with Gasteiger partial charge >= 0.3 is 0 Å². The van der Waals surface area contributed by atoms with Gasteiger partial charge in [0.25, 0.3) is 0 Å². The zero-order valence-corrected chi connectivity index (χ0v) is 10.9. The number of nitrogens with zero attached hydrogens (tertiary/aromatic N) is 1. The molecule has 0 aliphatic carbocycles. The van der Waals surface area contributed by atoms with Gasteiger partial charge in [0.15, 0.2) is 11.5 Å². The summed E-state index contributed by atoms with van der Waals surface area (Å²) in [6, 6.07) is 8.24. The molecule has 0 radical (unpaired) electrons. The van der Waals surface area contributed by atoms with Gasteiger partial charge in [0, 0.05) is 12.5 Å². The first-order valence-corrected chi connectivity index (χ1v) is 6.02. The van der Waals surface area contributed by atoms with E-state index in [1.807, 2.05) is 31.3 Å². The van der Waals surface area contributed by atoms with Gasteiger partial charge in [-0.25, -0.2) is 4.98 Å². The Bertz CT molecular complexity index is 463. The van der Waals surface area contributed by atoms with Crippen LogP contribution in [0.2, 0.25) is 0 Å². The Labute approximate surface area is 102 Å². The number of nitrogens with one attached hydrogen (secondary N) is 1. The SMILES string of the molecule is CNC(Cc1nc2ccccc2o1)C(C)(C)C. The molecule has 1 unspecified atom stereocenters. The highest BCUT2D eigenvalue weighted by atomic mass is 16.3. The number of oxazole rings is 1. The molecule has 3 heteroatoms. The molecule has 0 spiro atoms. The van der Waals surface area contributed by atoms with Crippen LogP contribution in [-0.4, -0.2) is 18.1 Å². The fourth-order valence-electron chi connectivity index (χ4n) is 2.02. The number of hydrogen-bond acceptors (Lipinski definition) is 3. The van der Waals surface area contributed by atoms with Gasteiger partial charge in [-0.05, 0) is 24.6 Å². The van der Waals surface area contributed by atoms with Crippen molar-refractivity contribution in [3.63, 3.8) is 0 Å². The third-order valence-corrected chi connectivity index (χ3v) is 3.11. The topological polar surface area (TPSA) is 38.1 Å². The number of fused-ring (bicyclic) bond motifs is 1. The number of hydrogen-bond donors (Lipinski definition) is 1. The summed E-state index contributed by atoms with van der Waals surface area (Å²) in [4.78, 5) is 4.51. The van der Waals surface area contributed by atoms with Crippen molar-refractivity contribution in [2.75, 3.05) is 7.05 Å². The standard InChI is InChI=1S/C14H20N2O/c1-14(2,3)12(15-4)9-13-16-10-7-5-6-8-11(10)17-13/h5-8,12,15H,9H2,1-4H3. The van der Waals surface area contributed by atoms with E-state index in [2.05, 4.69) is 31.1 Å². The minimum atomic E-state index is 0.190. The van der Waals surface area contributed by atoms with Crippen molar-refractivity contribution in [1.29, 1.82) is 0 Å². The maximum atomic E-state index is 5.74. The van der Waals surface area contributed by atoms with E-state index in [4.69, 9.17) is 4.42 Å². The highest BCUT2D eigenvalue weighted by Crippen LogP contribution is 2.23. The van der Waals surface area contributed by atoms with Crippen molar-refractivity contribution >= 4 is 11.1 Å². The number of rotatable bonds is 3. The lowest BCUT2D eigenvalue weighted by atomic mass is 9.85. The summed E-state index contributed by atoms with van der Waals surface area (Å²) in [5, 5.41) is 3.33. The molecule has 2 aromatic rings. The molecule has 0 saturated carbocycles. The van der Waals surface area contributed by atoms with Crippen LogP contribution >= 0.6 is 0 Å². The zero-order valence-electron chi connectivity index (χ0n) is 10.9. The third kappa shape index (κ3) is 2.67. The molecular formula is C14H20N2O. The molecule has 0 bridgehead atoms. The molecule has 0 aliphatic heterocycles. The van der Waals surface area contributed by atoms with Gasteiger partial charge in [-0.2, -0.15) is 0 Å². The first kappa shape index (κ1) is 12.1. The van der Waals surface area contributed by atoms with Crippen LogP contribution in [0, 0.1) is 5.41 Å². The first-order valence-electron chi connectivity index (χ1n) is 6.02. The number of para-hydroxylation sites is 2. The van der Waals surface area contributed by atoms with Crippen LogP contribution in [0.15, 0.2) is 28.7 Å². The van der Waals surface area contributed by atoms with E-state index in [9.17, 15) is 0 Å². The van der Waals surface area contributed by atoms with Crippen LogP contribution in [0.5, 0.6) is 0 Å². The Kier molecular flexibility index (Phi) is 3.20. The maximum Gasteiger partial charge on any atom is 0.197 e. The van der Waals surface area contributed by atoms with Crippen LogP contribution in [-0.2, 0) is 6.42 Å². The average Bonchev–Trinajstić information content (AvgIpc) is 2.66. The maximum absolute atomic E-state index is 5.74. The highest BCUT2D eigenvalue weighted by molar-refractivity contribution is 5.72. The fourth-order valence-corrected chi connectivity index (χ4v) is 2.02. The molecule has 0 aliphatic rings. The quantitative estimate of drug-likeness (QED) is 0.884. The number of benzene rings is 1. The Hall–Kier alpha value is -1.35. The minimum absolute atomic E-state index is 0.190. The van der Waals surface area contributed by atoms with Crippen molar-refractivity contribution in [3.05, 3.63) is 30.2 Å². The van der Waals surface area contributed by atoms with Gasteiger partial charge < -0.3 is 9.73 Å². The fraction of sp³-hybridized carbons (Fsp3) is 0.500. The van der Waals surface area contributed by atoms with Crippen LogP contribution in [0.1, 0.15) is 26.7 Å². The monoisotopic (exact) mass is 232 g/mol. The van der Waals surface area contributed by atoms with Gasteiger partial charge in [0.2, 0.25) is 0 Å². The highest BCUT2D eigenvalue weighted by Gasteiger charge is 2.25. The molecule has 1 atom stereocenters. The molecule has 92 valence electrons. The second-order valence-electron chi connectivity index (χ2n) is 5.49. The van der Waals surface area contributed by atoms with Crippen molar-refractivity contribution in [2.24, 2.45) is 5.41 Å². The molecule has 0 saturated heterocycles. The second-order valence-corrected chi connectivity index (χ2v) is 5.49. The summed E-state index contributed by atoms with van der Waals surface area (Å²) >= 11 is 0. The first-order chi connectivity index (χ1) is 8.00. The third-order valence-electron chi connectivity index (χ3n) is 3.11. The van der Waals surface area contributed by atoms with E-state index in [0.717, 1.165) is 23.4 Å². The summed E-state index contributed by atoms with van der Waals surface area (Å²) in [5.41, 5.74) is 1.99. The predicted octanol–water partition coefficient (Wildman–Crippen LogP) is 3.00. The molecular weight excluding hydrogens is 212 g/mol. The lowest BCUT2D eigenvalue weighted by molar-refractivity contribution is 0.266. The minimum Gasteiger partial charge on any atom is -0.441 e. The van der Waals surface area contributed by atoms with Gasteiger partial charge in [0.1, 0.15) is 5.52 Å². The molecule has 1 aromatic carbocycles. The average molecular weight is 232 g/mol. The summed E-state index contributed by atoms with van der Waals surface area (Å²) < 4.78 is 5.74. The zero-order chi connectivity index (χ0) is 12.5. The number of likely N-dealkylation sites (N-methyl/N-ethyl adjacent to an activating group) is 1. The summed E-state index contributed by atoms with van der Waals surface area (Å²) in [6.07, 6.45) is 0.814. The molecule has 1 heterocycles. The molecule has 0 amide bonds. The molecule has 3 nitrogen and oxygen atoms in total. The van der Waals surface area contributed by atoms with Crippen molar-refractivity contribution in [1.82, 2.24) is 10.3 Å². The normalized spacial score (nSPS) is 14.1.